The Bertz CT molecular complexity index is 1320. The van der Waals surface area contributed by atoms with Crippen LogP contribution in [0.2, 0.25) is 0 Å². The summed E-state index contributed by atoms with van der Waals surface area (Å²) in [6.07, 6.45) is 1.11. The molecule has 0 aliphatic heterocycles. The molecule has 1 heterocycles. The van der Waals surface area contributed by atoms with Gasteiger partial charge in [0.15, 0.2) is 23.0 Å². The van der Waals surface area contributed by atoms with Gasteiger partial charge in [0, 0.05) is 31.5 Å². The topological polar surface area (TPSA) is 110 Å². The maximum Gasteiger partial charge on any atom is 0.309 e. The minimum atomic E-state index is -0.800. The SMILES string of the molecule is COc1ccnc(C(=O)C[C@@H](C)C(=O)O[C@@H](C)[C@@H](COCc2ccccc2)Cc2ccc(F)cc2)c1OCOC(C)=O. The van der Waals surface area contributed by atoms with Crippen LogP contribution in [0.1, 0.15) is 48.8 Å². The van der Waals surface area contributed by atoms with Gasteiger partial charge in [-0.05, 0) is 36.6 Å². The van der Waals surface area contributed by atoms with Crippen molar-refractivity contribution in [1.29, 1.82) is 0 Å². The van der Waals surface area contributed by atoms with Crippen molar-refractivity contribution < 1.29 is 42.5 Å². The van der Waals surface area contributed by atoms with Crippen molar-refractivity contribution in [3.05, 3.63) is 89.5 Å². The third-order valence-electron chi connectivity index (χ3n) is 6.53. The van der Waals surface area contributed by atoms with Crippen LogP contribution in [0.4, 0.5) is 4.39 Å². The number of rotatable bonds is 16. The van der Waals surface area contributed by atoms with E-state index in [1.807, 2.05) is 30.3 Å². The van der Waals surface area contributed by atoms with Crippen LogP contribution in [0, 0.1) is 17.7 Å². The van der Waals surface area contributed by atoms with Gasteiger partial charge in [0.1, 0.15) is 11.9 Å². The number of hydrogen-bond acceptors (Lipinski definition) is 9. The zero-order chi connectivity index (χ0) is 30.5. The molecule has 3 aromatic rings. The fourth-order valence-corrected chi connectivity index (χ4v) is 4.14. The van der Waals surface area contributed by atoms with Gasteiger partial charge in [0.2, 0.25) is 6.79 Å². The van der Waals surface area contributed by atoms with Gasteiger partial charge < -0.3 is 23.7 Å². The lowest BCUT2D eigenvalue weighted by atomic mass is 9.95. The Labute approximate surface area is 244 Å². The summed E-state index contributed by atoms with van der Waals surface area (Å²) in [6.45, 7) is 4.84. The Morgan fingerprint density at radius 2 is 1.67 bits per heavy atom. The number of methoxy groups -OCH3 is 1. The quantitative estimate of drug-likeness (QED) is 0.126. The van der Waals surface area contributed by atoms with Crippen molar-refractivity contribution in [3.8, 4) is 11.5 Å². The molecule has 0 aliphatic rings. The van der Waals surface area contributed by atoms with Crippen LogP contribution in [0.5, 0.6) is 11.5 Å². The van der Waals surface area contributed by atoms with Crippen molar-refractivity contribution in [2.24, 2.45) is 11.8 Å². The Balaban J connectivity index is 1.65. The van der Waals surface area contributed by atoms with E-state index >= 15 is 0 Å². The Hall–Kier alpha value is -4.31. The van der Waals surface area contributed by atoms with E-state index in [1.165, 1.54) is 38.4 Å². The molecule has 0 bridgehead atoms. The third kappa shape index (κ3) is 9.95. The largest absolute Gasteiger partial charge is 0.493 e. The first-order valence-corrected chi connectivity index (χ1v) is 13.6. The second-order valence-electron chi connectivity index (χ2n) is 9.85. The second kappa shape index (κ2) is 16.2. The molecule has 0 spiro atoms. The summed E-state index contributed by atoms with van der Waals surface area (Å²) in [5.74, 6) is -2.72. The molecule has 0 N–H and O–H groups in total. The molecular weight excluding hydrogens is 545 g/mol. The van der Waals surface area contributed by atoms with Gasteiger partial charge in [-0.1, -0.05) is 49.4 Å². The smallest absolute Gasteiger partial charge is 0.309 e. The minimum absolute atomic E-state index is 0.00936. The normalized spacial score (nSPS) is 13.0. The van der Waals surface area contributed by atoms with E-state index in [9.17, 15) is 18.8 Å². The molecule has 10 heteroatoms. The van der Waals surface area contributed by atoms with Crippen LogP contribution in [0.15, 0.2) is 66.9 Å². The number of benzene rings is 2. The number of halogens is 1. The number of nitrogens with zero attached hydrogens (tertiary/aromatic N) is 1. The van der Waals surface area contributed by atoms with Gasteiger partial charge in [0.05, 0.1) is 26.2 Å². The lowest BCUT2D eigenvalue weighted by Crippen LogP contribution is -2.32. The summed E-state index contributed by atoms with van der Waals surface area (Å²) in [7, 11) is 1.40. The number of Topliss-reactive ketones (excluding diaryl/α,β-unsaturated/α-hetero) is 1. The summed E-state index contributed by atoms with van der Waals surface area (Å²) in [5.41, 5.74) is 1.83. The highest BCUT2D eigenvalue weighted by atomic mass is 19.1. The highest BCUT2D eigenvalue weighted by molar-refractivity contribution is 5.99. The van der Waals surface area contributed by atoms with Crippen LogP contribution in [-0.4, -0.2) is 49.3 Å². The lowest BCUT2D eigenvalue weighted by Gasteiger charge is -2.25. The number of carbonyl (C=O) groups excluding carboxylic acids is 3. The van der Waals surface area contributed by atoms with Gasteiger partial charge in [-0.3, -0.25) is 14.4 Å². The van der Waals surface area contributed by atoms with Crippen molar-refractivity contribution >= 4 is 17.7 Å². The molecule has 0 unspecified atom stereocenters. The number of ether oxygens (including phenoxy) is 5. The van der Waals surface area contributed by atoms with Gasteiger partial charge in [0.25, 0.3) is 0 Å². The maximum absolute atomic E-state index is 13.5. The summed E-state index contributed by atoms with van der Waals surface area (Å²) in [4.78, 5) is 41.4. The molecule has 0 radical (unpaired) electrons. The molecule has 2 aromatic carbocycles. The monoisotopic (exact) mass is 581 g/mol. The molecule has 0 aliphatic carbocycles. The number of ketones is 1. The van der Waals surface area contributed by atoms with Gasteiger partial charge >= 0.3 is 11.9 Å². The Kier molecular flexibility index (Phi) is 12.4. The number of aromatic nitrogens is 1. The first-order chi connectivity index (χ1) is 20.2. The highest BCUT2D eigenvalue weighted by Crippen LogP contribution is 2.31. The summed E-state index contributed by atoms with van der Waals surface area (Å²) in [6, 6.07) is 17.4. The molecule has 0 fully saturated rings. The summed E-state index contributed by atoms with van der Waals surface area (Å²) in [5, 5.41) is 0. The highest BCUT2D eigenvalue weighted by Gasteiger charge is 2.28. The number of hydrogen-bond donors (Lipinski definition) is 0. The third-order valence-corrected chi connectivity index (χ3v) is 6.53. The van der Waals surface area contributed by atoms with E-state index in [2.05, 4.69) is 4.98 Å². The zero-order valence-corrected chi connectivity index (χ0v) is 24.2. The fourth-order valence-electron chi connectivity index (χ4n) is 4.14. The van der Waals surface area contributed by atoms with Crippen molar-refractivity contribution in [1.82, 2.24) is 4.98 Å². The zero-order valence-electron chi connectivity index (χ0n) is 24.2. The van der Waals surface area contributed by atoms with Gasteiger partial charge in [-0.2, -0.15) is 0 Å². The van der Waals surface area contributed by atoms with Gasteiger partial charge in [-0.15, -0.1) is 0 Å². The first kappa shape index (κ1) is 32.2. The fraction of sp³-hybridized carbons (Fsp3) is 0.375. The van der Waals surface area contributed by atoms with Crippen LogP contribution < -0.4 is 9.47 Å². The summed E-state index contributed by atoms with van der Waals surface area (Å²) < 4.78 is 40.7. The molecular formula is C32H36FNO8. The van der Waals surface area contributed by atoms with Crippen LogP contribution >= 0.6 is 0 Å². The average Bonchev–Trinajstić information content (AvgIpc) is 2.97. The molecule has 3 atom stereocenters. The molecule has 224 valence electrons. The summed E-state index contributed by atoms with van der Waals surface area (Å²) >= 11 is 0. The molecule has 0 amide bonds. The molecule has 3 rings (SSSR count). The Morgan fingerprint density at radius 3 is 2.33 bits per heavy atom. The molecule has 1 aromatic heterocycles. The van der Waals surface area contributed by atoms with E-state index in [4.69, 9.17) is 23.7 Å². The van der Waals surface area contributed by atoms with Crippen molar-refractivity contribution in [2.75, 3.05) is 20.5 Å². The average molecular weight is 582 g/mol. The van der Waals surface area contributed by atoms with E-state index in [0.717, 1.165) is 11.1 Å². The predicted octanol–water partition coefficient (Wildman–Crippen LogP) is 5.35. The minimum Gasteiger partial charge on any atom is -0.493 e. The maximum atomic E-state index is 13.5. The second-order valence-corrected chi connectivity index (χ2v) is 9.85. The number of carbonyl (C=O) groups is 3. The first-order valence-electron chi connectivity index (χ1n) is 13.6. The number of pyridine rings is 1. The predicted molar refractivity (Wildman–Crippen MR) is 151 cm³/mol. The lowest BCUT2D eigenvalue weighted by molar-refractivity contribution is -0.156. The van der Waals surface area contributed by atoms with Crippen LogP contribution in [0.25, 0.3) is 0 Å². The molecule has 42 heavy (non-hydrogen) atoms. The van der Waals surface area contributed by atoms with Crippen molar-refractivity contribution in [2.45, 2.75) is 46.3 Å². The Morgan fingerprint density at radius 1 is 0.952 bits per heavy atom. The van der Waals surface area contributed by atoms with Crippen LogP contribution in [0.3, 0.4) is 0 Å². The van der Waals surface area contributed by atoms with Crippen LogP contribution in [-0.2, 0) is 36.8 Å². The molecule has 9 nitrogen and oxygen atoms in total. The van der Waals surface area contributed by atoms with Gasteiger partial charge in [-0.25, -0.2) is 9.37 Å². The van der Waals surface area contributed by atoms with E-state index < -0.39 is 36.5 Å². The standard InChI is InChI=1S/C32H36FNO8/c1-21(16-28(36)30-31(41-20-40-23(3)35)29(38-4)14-15-34-30)32(37)42-22(2)26(17-24-10-12-27(33)13-11-24)19-39-18-25-8-6-5-7-9-25/h5-15,21-22,26H,16-20H2,1-4H3/t21-,22+,26-/m1/s1. The van der Waals surface area contributed by atoms with E-state index in [-0.39, 0.29) is 35.3 Å². The van der Waals surface area contributed by atoms with E-state index in [1.54, 1.807) is 26.0 Å². The molecule has 0 saturated carbocycles. The molecule has 0 saturated heterocycles. The van der Waals surface area contributed by atoms with E-state index in [0.29, 0.717) is 19.6 Å². The van der Waals surface area contributed by atoms with Crippen molar-refractivity contribution in [3.63, 3.8) is 0 Å². The number of esters is 2.